The highest BCUT2D eigenvalue weighted by Gasteiger charge is 2.18. The first-order valence-electron chi connectivity index (χ1n) is 8.04. The number of aromatic nitrogens is 1. The van der Waals surface area contributed by atoms with Crippen LogP contribution >= 0.6 is 0 Å². The summed E-state index contributed by atoms with van der Waals surface area (Å²) in [5.41, 5.74) is 1.09. The third-order valence-corrected chi connectivity index (χ3v) is 3.71. The van der Waals surface area contributed by atoms with Gasteiger partial charge in [0.05, 0.1) is 23.8 Å². The maximum absolute atomic E-state index is 10.4. The van der Waals surface area contributed by atoms with Gasteiger partial charge in [0, 0.05) is 31.9 Å². The van der Waals surface area contributed by atoms with Crippen molar-refractivity contribution in [3.8, 4) is 0 Å². The molecule has 0 saturated carbocycles. The van der Waals surface area contributed by atoms with Gasteiger partial charge in [-0.05, 0) is 24.3 Å². The summed E-state index contributed by atoms with van der Waals surface area (Å²) in [4.78, 5) is 25.0. The van der Waals surface area contributed by atoms with Crippen LogP contribution in [-0.2, 0) is 4.74 Å². The summed E-state index contributed by atoms with van der Waals surface area (Å²) in [6.07, 6.45) is 1.91. The van der Waals surface area contributed by atoms with Crippen molar-refractivity contribution in [3.63, 3.8) is 0 Å². The van der Waals surface area contributed by atoms with E-state index in [4.69, 9.17) is 14.9 Å². The predicted octanol–water partition coefficient (Wildman–Crippen LogP) is 1.87. The van der Waals surface area contributed by atoms with E-state index in [2.05, 4.69) is 21.7 Å². The number of hydrogen-bond acceptors (Lipinski definition) is 6. The zero-order valence-corrected chi connectivity index (χ0v) is 14.3. The van der Waals surface area contributed by atoms with Gasteiger partial charge in [-0.15, -0.1) is 0 Å². The quantitative estimate of drug-likeness (QED) is 0.653. The summed E-state index contributed by atoms with van der Waals surface area (Å²) in [5, 5.41) is 23.4. The topological polar surface area (TPSA) is 121 Å². The molecule has 4 N–H and O–H groups in total. The van der Waals surface area contributed by atoms with Crippen molar-refractivity contribution >= 4 is 17.8 Å². The van der Waals surface area contributed by atoms with Crippen molar-refractivity contribution in [2.75, 3.05) is 32.1 Å². The molecule has 1 atom stereocenters. The molecule has 1 fully saturated rings. The molecule has 8 nitrogen and oxygen atoms in total. The number of aromatic carboxylic acids is 2. The van der Waals surface area contributed by atoms with Crippen LogP contribution in [0.15, 0.2) is 42.6 Å². The van der Waals surface area contributed by atoms with Crippen molar-refractivity contribution in [3.05, 3.63) is 59.3 Å². The average molecular weight is 359 g/mol. The van der Waals surface area contributed by atoms with Crippen LogP contribution in [0.4, 0.5) is 5.82 Å². The van der Waals surface area contributed by atoms with Crippen molar-refractivity contribution in [1.29, 1.82) is 0 Å². The molecule has 3 rings (SSSR count). The predicted molar refractivity (Wildman–Crippen MR) is 95.7 cm³/mol. The first-order chi connectivity index (χ1) is 12.5. The number of carboxylic acid groups (broad SMARTS) is 2. The second-order valence-electron chi connectivity index (χ2n) is 5.45. The van der Waals surface area contributed by atoms with E-state index >= 15 is 0 Å². The number of hydrogen-bond donors (Lipinski definition) is 4. The Morgan fingerprint density at radius 1 is 1.19 bits per heavy atom. The maximum atomic E-state index is 10.4. The monoisotopic (exact) mass is 359 g/mol. The third kappa shape index (κ3) is 5.27. The number of rotatable bonds is 4. The first-order valence-corrected chi connectivity index (χ1v) is 8.04. The number of nitrogens with zero attached hydrogens (tertiary/aromatic N) is 1. The van der Waals surface area contributed by atoms with Gasteiger partial charge in [0.15, 0.2) is 0 Å². The number of carbonyl (C=O) groups is 2. The lowest BCUT2D eigenvalue weighted by molar-refractivity contribution is 0.0279. The zero-order chi connectivity index (χ0) is 18.9. The molecule has 1 saturated heterocycles. The van der Waals surface area contributed by atoms with Crippen LogP contribution in [0.5, 0.6) is 0 Å². The number of pyridine rings is 1. The second-order valence-corrected chi connectivity index (χ2v) is 5.45. The second kappa shape index (κ2) is 9.50. The molecule has 0 aliphatic carbocycles. The lowest BCUT2D eigenvalue weighted by atomic mass is 10.1. The fraction of sp³-hybridized carbons (Fsp3) is 0.278. The van der Waals surface area contributed by atoms with E-state index in [-0.39, 0.29) is 17.2 Å². The van der Waals surface area contributed by atoms with Gasteiger partial charge in [0.1, 0.15) is 5.82 Å². The molecule has 1 unspecified atom stereocenters. The van der Waals surface area contributed by atoms with E-state index < -0.39 is 11.9 Å². The molecule has 0 amide bonds. The molecule has 0 bridgehead atoms. The Morgan fingerprint density at radius 3 is 2.42 bits per heavy atom. The number of ether oxygens (including phenoxy) is 1. The van der Waals surface area contributed by atoms with Crippen LogP contribution in [0.1, 0.15) is 32.4 Å². The SMILES string of the molecule is CNc1ncccc1C1CNCCO1.O=C(O)c1cccc(C(=O)O)c1. The van der Waals surface area contributed by atoms with Crippen molar-refractivity contribution in [2.24, 2.45) is 0 Å². The lowest BCUT2D eigenvalue weighted by Crippen LogP contribution is -2.33. The first kappa shape index (κ1) is 19.4. The van der Waals surface area contributed by atoms with E-state index in [1.54, 1.807) is 6.20 Å². The molecule has 1 aromatic heterocycles. The molecule has 2 heterocycles. The summed E-state index contributed by atoms with van der Waals surface area (Å²) >= 11 is 0. The van der Waals surface area contributed by atoms with Crippen molar-refractivity contribution in [2.45, 2.75) is 6.10 Å². The van der Waals surface area contributed by atoms with Gasteiger partial charge in [-0.2, -0.15) is 0 Å². The third-order valence-electron chi connectivity index (χ3n) is 3.71. The summed E-state index contributed by atoms with van der Waals surface area (Å²) in [6, 6.07) is 9.19. The van der Waals surface area contributed by atoms with Gasteiger partial charge in [-0.3, -0.25) is 0 Å². The highest BCUT2D eigenvalue weighted by atomic mass is 16.5. The number of anilines is 1. The molecule has 2 aromatic rings. The maximum Gasteiger partial charge on any atom is 0.335 e. The minimum atomic E-state index is -1.13. The minimum absolute atomic E-state index is 0.0186. The standard InChI is InChI=1S/C10H15N3O.C8H6O4/c1-11-10-8(3-2-4-13-10)9-7-12-5-6-14-9;9-7(10)5-2-1-3-6(4-5)8(11)12/h2-4,9,12H,5-7H2,1H3,(H,11,13);1-4H,(H,9,10)(H,11,12). The van der Waals surface area contributed by atoms with Gasteiger partial charge in [0.25, 0.3) is 0 Å². The summed E-state index contributed by atoms with van der Waals surface area (Å²) in [6.45, 7) is 2.56. The summed E-state index contributed by atoms with van der Waals surface area (Å²) in [7, 11) is 1.88. The fourth-order valence-corrected chi connectivity index (χ4v) is 2.44. The molecule has 26 heavy (non-hydrogen) atoms. The largest absolute Gasteiger partial charge is 0.478 e. The van der Waals surface area contributed by atoms with Crippen molar-refractivity contribution < 1.29 is 24.5 Å². The van der Waals surface area contributed by atoms with E-state index in [1.807, 2.05) is 13.1 Å². The van der Waals surface area contributed by atoms with Crippen LogP contribution in [0, 0.1) is 0 Å². The number of nitrogens with one attached hydrogen (secondary N) is 2. The lowest BCUT2D eigenvalue weighted by Gasteiger charge is -2.25. The Kier molecular flexibility index (Phi) is 7.07. The number of benzene rings is 1. The molecule has 0 spiro atoms. The molecule has 0 radical (unpaired) electrons. The Morgan fingerprint density at radius 2 is 1.88 bits per heavy atom. The van der Waals surface area contributed by atoms with Gasteiger partial charge in [-0.25, -0.2) is 14.6 Å². The summed E-state index contributed by atoms with van der Waals surface area (Å²) < 4.78 is 5.66. The highest BCUT2D eigenvalue weighted by Crippen LogP contribution is 2.23. The normalized spacial score (nSPS) is 16.1. The Bertz CT molecular complexity index is 731. The average Bonchev–Trinajstić information content (AvgIpc) is 2.69. The van der Waals surface area contributed by atoms with E-state index in [9.17, 15) is 9.59 Å². The van der Waals surface area contributed by atoms with E-state index in [0.29, 0.717) is 0 Å². The minimum Gasteiger partial charge on any atom is -0.478 e. The number of carboxylic acids is 2. The molecule has 8 heteroatoms. The zero-order valence-electron chi connectivity index (χ0n) is 14.3. The smallest absolute Gasteiger partial charge is 0.335 e. The van der Waals surface area contributed by atoms with Crippen LogP contribution in [0.3, 0.4) is 0 Å². The Balaban J connectivity index is 0.000000190. The molecular formula is C18H21N3O5. The van der Waals surface area contributed by atoms with Crippen LogP contribution in [0.25, 0.3) is 0 Å². The van der Waals surface area contributed by atoms with Crippen molar-refractivity contribution in [1.82, 2.24) is 10.3 Å². The number of morpholine rings is 1. The Hall–Kier alpha value is -2.97. The van der Waals surface area contributed by atoms with Crippen LogP contribution < -0.4 is 10.6 Å². The van der Waals surface area contributed by atoms with Gasteiger partial charge >= 0.3 is 11.9 Å². The highest BCUT2D eigenvalue weighted by molar-refractivity contribution is 5.93. The van der Waals surface area contributed by atoms with E-state index in [0.717, 1.165) is 37.1 Å². The molecule has 1 aromatic carbocycles. The fourth-order valence-electron chi connectivity index (χ4n) is 2.44. The van der Waals surface area contributed by atoms with Crippen LogP contribution in [-0.4, -0.2) is 53.9 Å². The summed E-state index contributed by atoms with van der Waals surface area (Å²) in [5.74, 6) is -1.35. The van der Waals surface area contributed by atoms with E-state index in [1.165, 1.54) is 18.2 Å². The molecule has 1 aliphatic rings. The molecule has 1 aliphatic heterocycles. The van der Waals surface area contributed by atoms with Gasteiger partial charge in [-0.1, -0.05) is 12.1 Å². The van der Waals surface area contributed by atoms with Gasteiger partial charge < -0.3 is 25.6 Å². The Labute approximate surface area is 150 Å². The molecular weight excluding hydrogens is 338 g/mol. The van der Waals surface area contributed by atoms with Gasteiger partial charge in [0.2, 0.25) is 0 Å². The van der Waals surface area contributed by atoms with Crippen LogP contribution in [0.2, 0.25) is 0 Å². The molecule has 138 valence electrons.